The number of nitrogens with zero attached hydrogens (tertiary/aromatic N) is 5. The molecule has 0 N–H and O–H groups in total. The highest BCUT2D eigenvalue weighted by molar-refractivity contribution is 5.90. The summed E-state index contributed by atoms with van der Waals surface area (Å²) in [6.07, 6.45) is 2.71. The van der Waals surface area contributed by atoms with E-state index in [9.17, 15) is 4.79 Å². The van der Waals surface area contributed by atoms with Gasteiger partial charge in [-0.1, -0.05) is 12.1 Å². The second kappa shape index (κ2) is 9.23. The van der Waals surface area contributed by atoms with Crippen LogP contribution in [0.5, 0.6) is 5.88 Å². The molecule has 0 amide bonds. The zero-order chi connectivity index (χ0) is 20.9. The van der Waals surface area contributed by atoms with Crippen molar-refractivity contribution >= 4 is 11.6 Å². The summed E-state index contributed by atoms with van der Waals surface area (Å²) >= 11 is 0. The molecule has 30 heavy (non-hydrogen) atoms. The fourth-order valence-electron chi connectivity index (χ4n) is 3.59. The number of ether oxygens (including phenoxy) is 2. The number of rotatable bonds is 7. The maximum atomic E-state index is 11.8. The molecule has 1 aliphatic rings. The Balaban J connectivity index is 1.42. The summed E-state index contributed by atoms with van der Waals surface area (Å²) in [4.78, 5) is 21.1. The molecule has 4 rings (SSSR count). The first-order chi connectivity index (χ1) is 14.6. The van der Waals surface area contributed by atoms with Gasteiger partial charge < -0.3 is 19.3 Å². The van der Waals surface area contributed by atoms with E-state index in [2.05, 4.69) is 26.9 Å². The van der Waals surface area contributed by atoms with Crippen molar-refractivity contribution in [1.29, 1.82) is 0 Å². The fourth-order valence-corrected chi connectivity index (χ4v) is 3.59. The van der Waals surface area contributed by atoms with E-state index in [1.807, 2.05) is 24.3 Å². The molecule has 0 atom stereocenters. The van der Waals surface area contributed by atoms with Crippen LogP contribution < -0.4 is 4.74 Å². The zero-order valence-electron chi connectivity index (χ0n) is 17.5. The van der Waals surface area contributed by atoms with Gasteiger partial charge in [0.2, 0.25) is 5.88 Å². The lowest BCUT2D eigenvalue weighted by atomic mass is 10.1. The Morgan fingerprint density at radius 2 is 1.97 bits per heavy atom. The van der Waals surface area contributed by atoms with E-state index in [1.54, 1.807) is 22.8 Å². The van der Waals surface area contributed by atoms with Gasteiger partial charge in [-0.25, -0.2) is 14.3 Å². The van der Waals surface area contributed by atoms with Gasteiger partial charge in [0.25, 0.3) is 0 Å². The SMILES string of the molecule is COC(=O)c1cccc(-c2cnc3ccc(OCCCN4CCN(C)CC4)nn23)c1. The average Bonchev–Trinajstić information content (AvgIpc) is 3.21. The summed E-state index contributed by atoms with van der Waals surface area (Å²) < 4.78 is 12.5. The number of carbonyl (C=O) groups excluding carboxylic acids is 1. The molecule has 3 aromatic rings. The molecule has 1 aromatic carbocycles. The summed E-state index contributed by atoms with van der Waals surface area (Å²) in [6.45, 7) is 6.13. The lowest BCUT2D eigenvalue weighted by Gasteiger charge is -2.32. The fraction of sp³-hybridized carbons (Fsp3) is 0.409. The predicted molar refractivity (Wildman–Crippen MR) is 114 cm³/mol. The largest absolute Gasteiger partial charge is 0.477 e. The Morgan fingerprint density at radius 1 is 1.13 bits per heavy atom. The molecule has 0 saturated carbocycles. The number of hydrogen-bond donors (Lipinski definition) is 0. The molecule has 8 heteroatoms. The van der Waals surface area contributed by atoms with E-state index in [4.69, 9.17) is 9.47 Å². The number of fused-ring (bicyclic) bond motifs is 1. The number of benzene rings is 1. The molecular weight excluding hydrogens is 382 g/mol. The maximum absolute atomic E-state index is 11.8. The van der Waals surface area contributed by atoms with Gasteiger partial charge >= 0.3 is 5.97 Å². The molecule has 0 unspecified atom stereocenters. The molecule has 1 fully saturated rings. The van der Waals surface area contributed by atoms with E-state index < -0.39 is 0 Å². The van der Waals surface area contributed by atoms with E-state index in [-0.39, 0.29) is 5.97 Å². The topological polar surface area (TPSA) is 72.2 Å². The lowest BCUT2D eigenvalue weighted by molar-refractivity contribution is 0.0601. The number of esters is 1. The number of methoxy groups -OCH3 is 1. The molecule has 1 aliphatic heterocycles. The van der Waals surface area contributed by atoms with Gasteiger partial charge in [0.15, 0.2) is 5.65 Å². The third-order valence-corrected chi connectivity index (χ3v) is 5.38. The van der Waals surface area contributed by atoms with Crippen LogP contribution in [-0.4, -0.2) is 83.9 Å². The minimum Gasteiger partial charge on any atom is -0.477 e. The molecule has 158 valence electrons. The molecule has 2 aromatic heterocycles. The first kappa shape index (κ1) is 20.3. The van der Waals surface area contributed by atoms with Crippen LogP contribution in [-0.2, 0) is 4.74 Å². The Bertz CT molecular complexity index is 1010. The van der Waals surface area contributed by atoms with Crippen LogP contribution in [0.2, 0.25) is 0 Å². The zero-order valence-corrected chi connectivity index (χ0v) is 17.5. The number of likely N-dealkylation sites (N-methyl/N-ethyl adjacent to an activating group) is 1. The van der Waals surface area contributed by atoms with Gasteiger partial charge in [-0.15, -0.1) is 5.10 Å². The van der Waals surface area contributed by atoms with E-state index in [0.29, 0.717) is 18.1 Å². The number of imidazole rings is 1. The van der Waals surface area contributed by atoms with Gasteiger partial charge in [0.1, 0.15) is 0 Å². The second-order valence-corrected chi connectivity index (χ2v) is 7.50. The summed E-state index contributed by atoms with van der Waals surface area (Å²) in [5.41, 5.74) is 2.84. The van der Waals surface area contributed by atoms with Crippen molar-refractivity contribution in [3.63, 3.8) is 0 Å². The Kier molecular flexibility index (Phi) is 6.25. The van der Waals surface area contributed by atoms with Gasteiger partial charge in [-0.3, -0.25) is 0 Å². The summed E-state index contributed by atoms with van der Waals surface area (Å²) in [6, 6.07) is 11.0. The van der Waals surface area contributed by atoms with Crippen LogP contribution >= 0.6 is 0 Å². The molecule has 8 nitrogen and oxygen atoms in total. The molecule has 3 heterocycles. The average molecular weight is 409 g/mol. The third-order valence-electron chi connectivity index (χ3n) is 5.38. The van der Waals surface area contributed by atoms with Gasteiger partial charge in [0.05, 0.1) is 31.2 Å². The molecular formula is C22H27N5O3. The van der Waals surface area contributed by atoms with Gasteiger partial charge in [-0.05, 0) is 31.7 Å². The molecule has 0 aliphatic carbocycles. The smallest absolute Gasteiger partial charge is 0.337 e. The van der Waals surface area contributed by atoms with Gasteiger partial charge in [0, 0.05) is 44.4 Å². The number of piperazine rings is 1. The first-order valence-electron chi connectivity index (χ1n) is 10.2. The number of hydrogen-bond acceptors (Lipinski definition) is 7. The summed E-state index contributed by atoms with van der Waals surface area (Å²) in [7, 11) is 3.54. The highest BCUT2D eigenvalue weighted by atomic mass is 16.5. The summed E-state index contributed by atoms with van der Waals surface area (Å²) in [5.74, 6) is 0.187. The maximum Gasteiger partial charge on any atom is 0.337 e. The van der Waals surface area contributed by atoms with Crippen LogP contribution in [0.1, 0.15) is 16.8 Å². The Morgan fingerprint density at radius 3 is 2.77 bits per heavy atom. The van der Waals surface area contributed by atoms with Crippen molar-refractivity contribution in [2.75, 3.05) is 53.5 Å². The molecule has 0 radical (unpaired) electrons. The molecule has 0 bridgehead atoms. The van der Waals surface area contributed by atoms with Crippen LogP contribution in [0.3, 0.4) is 0 Å². The minimum absolute atomic E-state index is 0.372. The van der Waals surface area contributed by atoms with Crippen LogP contribution in [0.4, 0.5) is 0 Å². The minimum atomic E-state index is -0.372. The van der Waals surface area contributed by atoms with Gasteiger partial charge in [-0.2, -0.15) is 0 Å². The van der Waals surface area contributed by atoms with Crippen LogP contribution in [0, 0.1) is 0 Å². The third kappa shape index (κ3) is 4.60. The normalized spacial score (nSPS) is 15.4. The first-order valence-corrected chi connectivity index (χ1v) is 10.2. The van der Waals surface area contributed by atoms with Crippen molar-refractivity contribution in [1.82, 2.24) is 24.4 Å². The Hall–Kier alpha value is -2.97. The highest BCUT2D eigenvalue weighted by Crippen LogP contribution is 2.22. The van der Waals surface area contributed by atoms with Crippen molar-refractivity contribution in [2.24, 2.45) is 0 Å². The van der Waals surface area contributed by atoms with Crippen molar-refractivity contribution in [2.45, 2.75) is 6.42 Å². The second-order valence-electron chi connectivity index (χ2n) is 7.50. The number of aromatic nitrogens is 3. The lowest BCUT2D eigenvalue weighted by Crippen LogP contribution is -2.44. The van der Waals surface area contributed by atoms with Crippen molar-refractivity contribution in [3.05, 3.63) is 48.2 Å². The van der Waals surface area contributed by atoms with E-state index in [1.165, 1.54) is 7.11 Å². The quantitative estimate of drug-likeness (QED) is 0.438. The van der Waals surface area contributed by atoms with Crippen molar-refractivity contribution in [3.8, 4) is 17.1 Å². The highest BCUT2D eigenvalue weighted by Gasteiger charge is 2.14. The molecule has 1 saturated heterocycles. The molecule has 0 spiro atoms. The summed E-state index contributed by atoms with van der Waals surface area (Å²) in [5, 5.41) is 4.60. The monoisotopic (exact) mass is 409 g/mol. The van der Waals surface area contributed by atoms with Crippen LogP contribution in [0.15, 0.2) is 42.6 Å². The van der Waals surface area contributed by atoms with E-state index in [0.717, 1.165) is 56.0 Å². The Labute approximate surface area is 176 Å². The predicted octanol–water partition coefficient (Wildman–Crippen LogP) is 2.20. The standard InChI is InChI=1S/C22H27N5O3/c1-25-10-12-26(13-11-25)9-4-14-30-21-8-7-20-23-16-19(27(20)24-21)17-5-3-6-18(15-17)22(28)29-2/h3,5-8,15-16H,4,9-14H2,1-2H3. The van der Waals surface area contributed by atoms with Crippen molar-refractivity contribution < 1.29 is 14.3 Å². The number of carbonyl (C=O) groups is 1. The van der Waals surface area contributed by atoms with E-state index >= 15 is 0 Å². The van der Waals surface area contributed by atoms with Crippen LogP contribution in [0.25, 0.3) is 16.9 Å².